The highest BCUT2D eigenvalue weighted by Crippen LogP contribution is 2.03. The second kappa shape index (κ2) is 4.61. The normalized spacial score (nSPS) is 12.3. The molecule has 0 aliphatic heterocycles. The van der Waals surface area contributed by atoms with Crippen LogP contribution in [0.15, 0.2) is 30.9 Å². The van der Waals surface area contributed by atoms with Gasteiger partial charge in [-0.25, -0.2) is 0 Å². The van der Waals surface area contributed by atoms with Crippen LogP contribution in [0.5, 0.6) is 0 Å². The predicted molar refractivity (Wildman–Crippen MR) is 65.3 cm³/mol. The first kappa shape index (κ1) is 10.5. The van der Waals surface area contributed by atoms with E-state index in [0.717, 1.165) is 10.4 Å². The van der Waals surface area contributed by atoms with Crippen LogP contribution < -0.4 is 10.4 Å². The summed E-state index contributed by atoms with van der Waals surface area (Å²) in [5.74, 6) is 0. The first-order valence-electron chi connectivity index (χ1n) is 4.74. The molecule has 1 rings (SSSR count). The largest absolute Gasteiger partial charge is 0.0990 e. The second-order valence-electron chi connectivity index (χ2n) is 3.31. The minimum absolute atomic E-state index is 1.05. The van der Waals surface area contributed by atoms with Crippen LogP contribution in [0.2, 0.25) is 0 Å². The fourth-order valence-electron chi connectivity index (χ4n) is 1.44. The van der Waals surface area contributed by atoms with Crippen LogP contribution in [0.1, 0.15) is 18.1 Å². The van der Waals surface area contributed by atoms with Gasteiger partial charge >= 0.3 is 0 Å². The van der Waals surface area contributed by atoms with E-state index in [1.807, 2.05) is 19.1 Å². The zero-order chi connectivity index (χ0) is 10.6. The number of benzene rings is 1. The number of aryl methyl sites for hydroxylation is 1. The van der Waals surface area contributed by atoms with Crippen LogP contribution in [0.25, 0.3) is 18.7 Å². The summed E-state index contributed by atoms with van der Waals surface area (Å²) < 4.78 is 0. The van der Waals surface area contributed by atoms with Gasteiger partial charge in [0.05, 0.1) is 0 Å². The lowest BCUT2D eigenvalue weighted by molar-refractivity contribution is 1.38. The van der Waals surface area contributed by atoms with Crippen molar-refractivity contribution >= 4 is 18.7 Å². The third-order valence-electron chi connectivity index (χ3n) is 2.17. The molecule has 0 aliphatic rings. The molecule has 0 bridgehead atoms. The van der Waals surface area contributed by atoms with Crippen molar-refractivity contribution in [3.05, 3.63) is 52.4 Å². The Kier molecular flexibility index (Phi) is 3.47. The maximum absolute atomic E-state index is 4.01. The van der Waals surface area contributed by atoms with Crippen LogP contribution in [-0.4, -0.2) is 0 Å². The average Bonchev–Trinajstić information content (AvgIpc) is 2.14. The maximum atomic E-state index is 4.01. The van der Waals surface area contributed by atoms with Gasteiger partial charge in [0.15, 0.2) is 0 Å². The number of rotatable bonds is 2. The smallest absolute Gasteiger partial charge is 0.0187 e. The lowest BCUT2D eigenvalue weighted by atomic mass is 10.1. The molecule has 0 unspecified atom stereocenters. The van der Waals surface area contributed by atoms with E-state index in [0.29, 0.717) is 0 Å². The van der Waals surface area contributed by atoms with Crippen LogP contribution in [0.4, 0.5) is 0 Å². The van der Waals surface area contributed by atoms with Gasteiger partial charge in [-0.3, -0.25) is 0 Å². The second-order valence-corrected chi connectivity index (χ2v) is 3.31. The summed E-state index contributed by atoms with van der Waals surface area (Å²) in [6.07, 6.45) is 7.91. The van der Waals surface area contributed by atoms with E-state index in [4.69, 9.17) is 0 Å². The fraction of sp³-hybridized carbons (Fsp3) is 0.143. The van der Waals surface area contributed by atoms with Crippen molar-refractivity contribution in [2.24, 2.45) is 0 Å². The van der Waals surface area contributed by atoms with Crippen molar-refractivity contribution in [1.82, 2.24) is 0 Å². The summed E-state index contributed by atoms with van der Waals surface area (Å²) in [4.78, 5) is 0. The van der Waals surface area contributed by atoms with Gasteiger partial charge in [-0.2, -0.15) is 0 Å². The van der Waals surface area contributed by atoms with E-state index in [1.165, 1.54) is 11.1 Å². The first-order chi connectivity index (χ1) is 6.69. The summed E-state index contributed by atoms with van der Waals surface area (Å²) in [5, 5.41) is 2.19. The van der Waals surface area contributed by atoms with Crippen molar-refractivity contribution < 1.29 is 0 Å². The molecule has 1 aromatic carbocycles. The summed E-state index contributed by atoms with van der Waals surface area (Å²) in [6.45, 7) is 11.8. The van der Waals surface area contributed by atoms with Crippen molar-refractivity contribution in [3.63, 3.8) is 0 Å². The molecule has 0 heterocycles. The molecule has 0 saturated heterocycles. The molecule has 72 valence electrons. The van der Waals surface area contributed by atoms with Crippen LogP contribution >= 0.6 is 0 Å². The Bertz CT molecular complexity index is 462. The Morgan fingerprint density at radius 2 is 2.00 bits per heavy atom. The van der Waals surface area contributed by atoms with Gasteiger partial charge in [0.1, 0.15) is 0 Å². The SMILES string of the molecule is C=C/C=c1/cc(C)c(/C=C\C)cc1=C. The molecule has 0 saturated carbocycles. The van der Waals surface area contributed by atoms with Gasteiger partial charge < -0.3 is 0 Å². The standard InChI is InChI=1S/C14H16/c1-5-7-13-9-12(4)14(8-6-2)10-11(13)3/h5-10H,1,3H2,2,4H3/b8-6-,13-7-. The van der Waals surface area contributed by atoms with E-state index in [-0.39, 0.29) is 0 Å². The Morgan fingerprint density at radius 3 is 2.57 bits per heavy atom. The average molecular weight is 184 g/mol. The van der Waals surface area contributed by atoms with Crippen LogP contribution in [-0.2, 0) is 0 Å². The lowest BCUT2D eigenvalue weighted by Crippen LogP contribution is -2.23. The molecule has 0 spiro atoms. The first-order valence-corrected chi connectivity index (χ1v) is 4.74. The van der Waals surface area contributed by atoms with E-state index in [2.05, 4.69) is 38.3 Å². The lowest BCUT2D eigenvalue weighted by Gasteiger charge is -2.00. The molecule has 14 heavy (non-hydrogen) atoms. The van der Waals surface area contributed by atoms with Crippen molar-refractivity contribution in [2.45, 2.75) is 13.8 Å². The zero-order valence-corrected chi connectivity index (χ0v) is 8.88. The van der Waals surface area contributed by atoms with E-state index >= 15 is 0 Å². The van der Waals surface area contributed by atoms with Gasteiger partial charge in [-0.15, -0.1) is 0 Å². The van der Waals surface area contributed by atoms with E-state index in [1.54, 1.807) is 6.08 Å². The third-order valence-corrected chi connectivity index (χ3v) is 2.17. The highest BCUT2D eigenvalue weighted by atomic mass is 14.0. The molecule has 0 N–H and O–H groups in total. The van der Waals surface area contributed by atoms with E-state index in [9.17, 15) is 0 Å². The highest BCUT2D eigenvalue weighted by molar-refractivity contribution is 5.54. The maximum Gasteiger partial charge on any atom is -0.0187 e. The topological polar surface area (TPSA) is 0 Å². The van der Waals surface area contributed by atoms with Crippen LogP contribution in [0, 0.1) is 6.92 Å². The zero-order valence-electron chi connectivity index (χ0n) is 8.88. The number of allylic oxidation sites excluding steroid dienone is 2. The van der Waals surface area contributed by atoms with Crippen molar-refractivity contribution in [2.75, 3.05) is 0 Å². The van der Waals surface area contributed by atoms with Crippen molar-refractivity contribution in [1.29, 1.82) is 0 Å². The number of hydrogen-bond acceptors (Lipinski definition) is 0. The van der Waals surface area contributed by atoms with Gasteiger partial charge in [0.2, 0.25) is 0 Å². The molecule has 0 aromatic heterocycles. The minimum atomic E-state index is 1.05. The molecule has 0 atom stereocenters. The minimum Gasteiger partial charge on any atom is -0.0990 e. The number of hydrogen-bond donors (Lipinski definition) is 0. The Morgan fingerprint density at radius 1 is 1.29 bits per heavy atom. The predicted octanol–water partition coefficient (Wildman–Crippen LogP) is 2.40. The fourth-order valence-corrected chi connectivity index (χ4v) is 1.44. The molecule has 0 nitrogen and oxygen atoms in total. The van der Waals surface area contributed by atoms with Crippen molar-refractivity contribution in [3.8, 4) is 0 Å². The molecule has 0 radical (unpaired) electrons. The van der Waals surface area contributed by atoms with Gasteiger partial charge in [0, 0.05) is 0 Å². The molecule has 0 heteroatoms. The summed E-state index contributed by atoms with van der Waals surface area (Å²) >= 11 is 0. The Hall–Kier alpha value is -1.56. The monoisotopic (exact) mass is 184 g/mol. The summed E-state index contributed by atoms with van der Waals surface area (Å²) in [7, 11) is 0. The highest BCUT2D eigenvalue weighted by Gasteiger charge is 1.93. The summed E-state index contributed by atoms with van der Waals surface area (Å²) in [6, 6.07) is 4.24. The van der Waals surface area contributed by atoms with E-state index < -0.39 is 0 Å². The molecule has 1 aromatic rings. The molecule has 0 aliphatic carbocycles. The van der Waals surface area contributed by atoms with Gasteiger partial charge in [-0.05, 0) is 41.5 Å². The Labute approximate surface area is 85.6 Å². The summed E-state index contributed by atoms with van der Waals surface area (Å²) in [5.41, 5.74) is 2.50. The molecule has 0 amide bonds. The molecule has 0 fully saturated rings. The third kappa shape index (κ3) is 2.23. The quantitative estimate of drug-likeness (QED) is 0.662. The van der Waals surface area contributed by atoms with Gasteiger partial charge in [-0.1, -0.05) is 43.5 Å². The molecular formula is C14H16. The van der Waals surface area contributed by atoms with Gasteiger partial charge in [0.25, 0.3) is 0 Å². The molecular weight excluding hydrogens is 168 g/mol. The Balaban J connectivity index is 3.46. The van der Waals surface area contributed by atoms with Crippen LogP contribution in [0.3, 0.4) is 0 Å².